The van der Waals surface area contributed by atoms with Gasteiger partial charge in [0.2, 0.25) is 0 Å². The van der Waals surface area contributed by atoms with Crippen LogP contribution in [0.1, 0.15) is 59.9 Å². The molecular formula is C33H44N4O5S. The van der Waals surface area contributed by atoms with E-state index in [0.29, 0.717) is 50.8 Å². The molecule has 1 aromatic heterocycles. The van der Waals surface area contributed by atoms with Gasteiger partial charge in [-0.15, -0.1) is 11.3 Å². The van der Waals surface area contributed by atoms with E-state index in [0.717, 1.165) is 35.8 Å². The Labute approximate surface area is 259 Å². The summed E-state index contributed by atoms with van der Waals surface area (Å²) in [5.41, 5.74) is 4.24. The second-order valence-corrected chi connectivity index (χ2v) is 12.6. The van der Waals surface area contributed by atoms with E-state index in [1.54, 1.807) is 30.9 Å². The van der Waals surface area contributed by atoms with E-state index in [9.17, 15) is 9.59 Å². The molecule has 0 saturated carbocycles. The lowest BCUT2D eigenvalue weighted by molar-refractivity contribution is 0.0566. The number of thiazole rings is 1. The van der Waals surface area contributed by atoms with Gasteiger partial charge in [-0.05, 0) is 47.6 Å². The topological polar surface area (TPSA) is 84.4 Å². The predicted molar refractivity (Wildman–Crippen MR) is 169 cm³/mol. The molecule has 43 heavy (non-hydrogen) atoms. The van der Waals surface area contributed by atoms with Crippen LogP contribution in [0.3, 0.4) is 0 Å². The average Bonchev–Trinajstić information content (AvgIpc) is 3.47. The lowest BCUT2D eigenvalue weighted by Crippen LogP contribution is -2.50. The summed E-state index contributed by atoms with van der Waals surface area (Å²) in [4.78, 5) is 35.8. The smallest absolute Gasteiger partial charge is 0.409 e. The number of ether oxygens (including phenoxy) is 3. The van der Waals surface area contributed by atoms with Crippen molar-refractivity contribution >= 4 is 23.3 Å². The Hall–Kier alpha value is -3.63. The van der Waals surface area contributed by atoms with E-state index in [1.807, 2.05) is 17.5 Å². The molecule has 232 valence electrons. The third-order valence-electron chi connectivity index (χ3n) is 7.61. The summed E-state index contributed by atoms with van der Waals surface area (Å²) in [6.45, 7) is 12.8. The number of piperazine rings is 1. The number of hydrogen-bond donors (Lipinski definition) is 0. The minimum absolute atomic E-state index is 0.0966. The molecule has 3 aromatic rings. The zero-order valence-corrected chi connectivity index (χ0v) is 27.0. The SMILES string of the molecule is CCOC(=O)N1CCN(C(=O)c2csc(CN(CCc3ccc(OC)c(OC)c3)Cc3ccc(C(C)(C)C)cc3)n2)CC1. The molecule has 0 spiro atoms. The highest BCUT2D eigenvalue weighted by Gasteiger charge is 2.27. The molecule has 2 amide bonds. The van der Waals surface area contributed by atoms with Gasteiger partial charge in [0.1, 0.15) is 10.7 Å². The summed E-state index contributed by atoms with van der Waals surface area (Å²) in [5, 5.41) is 2.74. The lowest BCUT2D eigenvalue weighted by atomic mass is 9.87. The Morgan fingerprint density at radius 3 is 2.19 bits per heavy atom. The van der Waals surface area contributed by atoms with Gasteiger partial charge in [-0.3, -0.25) is 9.69 Å². The number of methoxy groups -OCH3 is 2. The van der Waals surface area contributed by atoms with Crippen LogP contribution in [0.25, 0.3) is 0 Å². The van der Waals surface area contributed by atoms with Crippen LogP contribution in [0.4, 0.5) is 4.79 Å². The standard InChI is InChI=1S/C33H44N4O5S/c1-7-42-32(39)37-18-16-36(17-19-37)31(38)27-23-43-30(34-27)22-35(21-25-8-11-26(12-9-25)33(2,3)4)15-14-24-10-13-28(40-5)29(20-24)41-6/h8-13,20,23H,7,14-19,21-22H2,1-6H3. The van der Waals surface area contributed by atoms with Crippen molar-refractivity contribution in [2.24, 2.45) is 0 Å². The summed E-state index contributed by atoms with van der Waals surface area (Å²) in [6.07, 6.45) is 0.495. The molecule has 0 unspecified atom stereocenters. The molecule has 10 heteroatoms. The van der Waals surface area contributed by atoms with Crippen molar-refractivity contribution in [3.05, 3.63) is 75.2 Å². The number of rotatable bonds is 11. The highest BCUT2D eigenvalue weighted by atomic mass is 32.1. The lowest BCUT2D eigenvalue weighted by Gasteiger charge is -2.33. The van der Waals surface area contributed by atoms with Crippen LogP contribution in [0.15, 0.2) is 47.8 Å². The normalized spacial score (nSPS) is 13.7. The van der Waals surface area contributed by atoms with E-state index in [4.69, 9.17) is 19.2 Å². The van der Waals surface area contributed by atoms with Gasteiger partial charge in [-0.25, -0.2) is 9.78 Å². The molecule has 1 aliphatic heterocycles. The fourth-order valence-electron chi connectivity index (χ4n) is 5.05. The molecule has 1 fully saturated rings. The Morgan fingerprint density at radius 2 is 1.56 bits per heavy atom. The van der Waals surface area contributed by atoms with Crippen LogP contribution in [0.2, 0.25) is 0 Å². The average molecular weight is 609 g/mol. The molecule has 1 aliphatic rings. The van der Waals surface area contributed by atoms with Crippen molar-refractivity contribution in [3.8, 4) is 11.5 Å². The second kappa shape index (κ2) is 14.7. The van der Waals surface area contributed by atoms with Gasteiger partial charge in [0.15, 0.2) is 11.5 Å². The van der Waals surface area contributed by atoms with Crippen LogP contribution in [0, 0.1) is 0 Å². The van der Waals surface area contributed by atoms with Crippen LogP contribution in [-0.2, 0) is 29.7 Å². The van der Waals surface area contributed by atoms with E-state index >= 15 is 0 Å². The molecule has 1 saturated heterocycles. The molecule has 2 aromatic carbocycles. The summed E-state index contributed by atoms with van der Waals surface area (Å²) >= 11 is 1.51. The zero-order valence-electron chi connectivity index (χ0n) is 26.2. The first-order valence-electron chi connectivity index (χ1n) is 14.8. The first-order chi connectivity index (χ1) is 20.6. The van der Waals surface area contributed by atoms with E-state index in [1.165, 1.54) is 22.5 Å². The van der Waals surface area contributed by atoms with Crippen LogP contribution >= 0.6 is 11.3 Å². The third-order valence-corrected chi connectivity index (χ3v) is 8.45. The first-order valence-corrected chi connectivity index (χ1v) is 15.7. The van der Waals surface area contributed by atoms with E-state index in [2.05, 4.69) is 56.0 Å². The van der Waals surface area contributed by atoms with Crippen LogP contribution in [-0.4, -0.2) is 85.2 Å². The molecule has 0 bridgehead atoms. The number of carbonyl (C=O) groups is 2. The van der Waals surface area contributed by atoms with Gasteiger partial charge in [0, 0.05) is 44.6 Å². The van der Waals surface area contributed by atoms with Gasteiger partial charge in [-0.1, -0.05) is 51.1 Å². The molecule has 0 atom stereocenters. The van der Waals surface area contributed by atoms with E-state index in [-0.39, 0.29) is 17.4 Å². The van der Waals surface area contributed by atoms with Gasteiger partial charge in [0.25, 0.3) is 5.91 Å². The zero-order chi connectivity index (χ0) is 31.0. The number of amides is 2. The maximum Gasteiger partial charge on any atom is 0.409 e. The Kier molecular flexibility index (Phi) is 11.0. The Balaban J connectivity index is 1.44. The molecule has 0 radical (unpaired) electrons. The predicted octanol–water partition coefficient (Wildman–Crippen LogP) is 5.62. The van der Waals surface area contributed by atoms with Gasteiger partial charge < -0.3 is 24.0 Å². The monoisotopic (exact) mass is 608 g/mol. The van der Waals surface area contributed by atoms with Crippen molar-refractivity contribution in [3.63, 3.8) is 0 Å². The second-order valence-electron chi connectivity index (χ2n) is 11.7. The molecule has 0 N–H and O–H groups in total. The van der Waals surface area contributed by atoms with Gasteiger partial charge >= 0.3 is 6.09 Å². The number of benzene rings is 2. The first kappa shape index (κ1) is 32.3. The molecule has 2 heterocycles. The van der Waals surface area contributed by atoms with Gasteiger partial charge in [-0.2, -0.15) is 0 Å². The Morgan fingerprint density at radius 1 is 0.907 bits per heavy atom. The summed E-state index contributed by atoms with van der Waals surface area (Å²) in [7, 11) is 3.29. The quantitative estimate of drug-likeness (QED) is 0.280. The van der Waals surface area contributed by atoms with Crippen molar-refractivity contribution in [2.75, 3.05) is 53.6 Å². The highest BCUT2D eigenvalue weighted by Crippen LogP contribution is 2.28. The molecular weight excluding hydrogens is 564 g/mol. The summed E-state index contributed by atoms with van der Waals surface area (Å²) in [6, 6.07) is 14.9. The van der Waals surface area contributed by atoms with Crippen LogP contribution < -0.4 is 9.47 Å². The third kappa shape index (κ3) is 8.70. The minimum atomic E-state index is -0.327. The van der Waals surface area contributed by atoms with Crippen molar-refractivity contribution in [1.82, 2.24) is 19.7 Å². The van der Waals surface area contributed by atoms with E-state index < -0.39 is 0 Å². The Bertz CT molecular complexity index is 1360. The molecule has 0 aliphatic carbocycles. The summed E-state index contributed by atoms with van der Waals surface area (Å²) < 4.78 is 16.0. The molecule has 4 rings (SSSR count). The fourth-order valence-corrected chi connectivity index (χ4v) is 5.86. The van der Waals surface area contributed by atoms with Crippen molar-refractivity contribution < 1.29 is 23.8 Å². The summed E-state index contributed by atoms with van der Waals surface area (Å²) in [5.74, 6) is 1.33. The number of nitrogens with zero attached hydrogens (tertiary/aromatic N) is 4. The maximum atomic E-state index is 13.2. The number of carbonyl (C=O) groups excluding carboxylic acids is 2. The number of hydrogen-bond acceptors (Lipinski definition) is 8. The van der Waals surface area contributed by atoms with Crippen molar-refractivity contribution in [2.45, 2.75) is 52.6 Å². The highest BCUT2D eigenvalue weighted by molar-refractivity contribution is 7.09. The maximum absolute atomic E-state index is 13.2. The van der Waals surface area contributed by atoms with Gasteiger partial charge in [0.05, 0.1) is 27.4 Å². The van der Waals surface area contributed by atoms with Crippen molar-refractivity contribution in [1.29, 1.82) is 0 Å². The molecule has 9 nitrogen and oxygen atoms in total. The largest absolute Gasteiger partial charge is 0.493 e. The number of aromatic nitrogens is 1. The van der Waals surface area contributed by atoms with Crippen LogP contribution in [0.5, 0.6) is 11.5 Å². The minimum Gasteiger partial charge on any atom is -0.493 e. The fraction of sp³-hybridized carbons (Fsp3) is 0.485.